The van der Waals surface area contributed by atoms with Gasteiger partial charge in [0.2, 0.25) is 0 Å². The highest BCUT2D eigenvalue weighted by Gasteiger charge is 2.38. The van der Waals surface area contributed by atoms with Gasteiger partial charge in [-0.15, -0.1) is 0 Å². The Balaban J connectivity index is 0.000000460. The zero-order valence-corrected chi connectivity index (χ0v) is 23.8. The van der Waals surface area contributed by atoms with Crippen LogP contribution >= 0.6 is 0 Å². The van der Waals surface area contributed by atoms with Crippen molar-refractivity contribution in [3.8, 4) is 11.3 Å². The van der Waals surface area contributed by atoms with E-state index in [0.29, 0.717) is 19.1 Å². The van der Waals surface area contributed by atoms with E-state index in [2.05, 4.69) is 33.6 Å². The molecule has 0 radical (unpaired) electrons. The minimum Gasteiger partial charge on any atom is -0.478 e. The van der Waals surface area contributed by atoms with Crippen LogP contribution < -0.4 is 4.90 Å². The monoisotopic (exact) mass is 619 g/mol. The standard InChI is InChI=1S/C30H27N5O3.C2HF3O2/c36-30(37)21-7-5-20(6-8-21)27-26(33-29-28(31-11-12-35(27)29)34-13-15-38-16-14-34)23-17-22(18-23)25-10-9-19-3-1-2-4-24(19)32-25;3-2(4,5)1(6)7/h1-12,22-23H,13-18H2,(H,36,37);(H,6,7)/t22-,23-;. The van der Waals surface area contributed by atoms with Crippen LogP contribution in [0.15, 0.2) is 73.1 Å². The molecule has 13 heteroatoms. The highest BCUT2D eigenvalue weighted by atomic mass is 19.4. The van der Waals surface area contributed by atoms with Gasteiger partial charge < -0.3 is 19.8 Å². The maximum Gasteiger partial charge on any atom is 0.490 e. The number of hydrogen-bond acceptors (Lipinski definition) is 7. The molecule has 10 nitrogen and oxygen atoms in total. The molecular weight excluding hydrogens is 591 g/mol. The number of rotatable bonds is 5. The first-order valence-electron chi connectivity index (χ1n) is 14.3. The number of halogens is 3. The van der Waals surface area contributed by atoms with Crippen LogP contribution in [-0.2, 0) is 9.53 Å². The molecule has 2 aliphatic rings. The van der Waals surface area contributed by atoms with Crippen molar-refractivity contribution in [2.75, 3.05) is 31.2 Å². The van der Waals surface area contributed by atoms with Crippen LogP contribution in [0.5, 0.6) is 0 Å². The minimum absolute atomic E-state index is 0.269. The van der Waals surface area contributed by atoms with Gasteiger partial charge in [0.1, 0.15) is 0 Å². The number of fused-ring (bicyclic) bond motifs is 2. The Hall–Kier alpha value is -5.04. The normalized spacial score (nSPS) is 18.2. The molecule has 2 N–H and O–H groups in total. The average molecular weight is 620 g/mol. The number of imidazole rings is 1. The third kappa shape index (κ3) is 6.16. The summed E-state index contributed by atoms with van der Waals surface area (Å²) in [6, 6.07) is 19.6. The number of carboxylic acids is 2. The lowest BCUT2D eigenvalue weighted by Gasteiger charge is -2.34. The third-order valence-corrected chi connectivity index (χ3v) is 8.07. The quantitative estimate of drug-likeness (QED) is 0.252. The number of ether oxygens (including phenoxy) is 1. The molecule has 4 heterocycles. The average Bonchev–Trinajstić information content (AvgIpc) is 3.39. The van der Waals surface area contributed by atoms with Crippen molar-refractivity contribution in [1.82, 2.24) is 19.4 Å². The second-order valence-electron chi connectivity index (χ2n) is 10.9. The molecule has 2 aromatic carbocycles. The number of aromatic carboxylic acids is 1. The van der Waals surface area contributed by atoms with Crippen LogP contribution in [-0.4, -0.2) is 74.0 Å². The molecule has 0 spiro atoms. The molecule has 5 aromatic rings. The van der Waals surface area contributed by atoms with Gasteiger partial charge in [-0.25, -0.2) is 19.6 Å². The van der Waals surface area contributed by atoms with E-state index < -0.39 is 18.1 Å². The molecule has 1 saturated carbocycles. The first kappa shape index (κ1) is 30.0. The van der Waals surface area contributed by atoms with Crippen LogP contribution in [0.3, 0.4) is 0 Å². The molecule has 3 aromatic heterocycles. The van der Waals surface area contributed by atoms with Crippen LogP contribution in [0.25, 0.3) is 27.8 Å². The van der Waals surface area contributed by atoms with Crippen molar-refractivity contribution < 1.29 is 37.7 Å². The van der Waals surface area contributed by atoms with E-state index in [-0.39, 0.29) is 11.5 Å². The van der Waals surface area contributed by atoms with Gasteiger partial charge in [-0.05, 0) is 37.1 Å². The molecule has 45 heavy (non-hydrogen) atoms. The number of alkyl halides is 3. The molecule has 0 atom stereocenters. The van der Waals surface area contributed by atoms with Crippen molar-refractivity contribution in [2.24, 2.45) is 0 Å². The fourth-order valence-corrected chi connectivity index (χ4v) is 5.71. The van der Waals surface area contributed by atoms with Gasteiger partial charge in [-0.3, -0.25) is 9.38 Å². The molecule has 232 valence electrons. The van der Waals surface area contributed by atoms with Crippen molar-refractivity contribution in [3.05, 3.63) is 90.0 Å². The molecule has 1 aliphatic heterocycles. The van der Waals surface area contributed by atoms with Crippen molar-refractivity contribution in [1.29, 1.82) is 0 Å². The molecule has 0 unspecified atom stereocenters. The number of carbonyl (C=O) groups is 2. The summed E-state index contributed by atoms with van der Waals surface area (Å²) in [5.74, 6) is -2.17. The number of aliphatic carboxylic acids is 1. The summed E-state index contributed by atoms with van der Waals surface area (Å²) in [5, 5.41) is 17.7. The van der Waals surface area contributed by atoms with E-state index in [9.17, 15) is 23.1 Å². The lowest BCUT2D eigenvalue weighted by molar-refractivity contribution is -0.192. The van der Waals surface area contributed by atoms with Gasteiger partial charge in [0.05, 0.1) is 35.7 Å². The Morgan fingerprint density at radius 2 is 1.58 bits per heavy atom. The number of para-hydroxylation sites is 1. The fourth-order valence-electron chi connectivity index (χ4n) is 5.71. The van der Waals surface area contributed by atoms with Crippen LogP contribution in [0.4, 0.5) is 19.0 Å². The lowest BCUT2D eigenvalue weighted by atomic mass is 9.71. The second-order valence-corrected chi connectivity index (χ2v) is 10.9. The summed E-state index contributed by atoms with van der Waals surface area (Å²) >= 11 is 0. The van der Waals surface area contributed by atoms with E-state index in [1.54, 1.807) is 12.1 Å². The number of morpholine rings is 1. The molecule has 1 saturated heterocycles. The molecule has 1 aliphatic carbocycles. The van der Waals surface area contributed by atoms with Crippen molar-refractivity contribution >= 4 is 34.3 Å². The van der Waals surface area contributed by atoms with Gasteiger partial charge in [-0.2, -0.15) is 13.2 Å². The predicted molar refractivity (Wildman–Crippen MR) is 159 cm³/mol. The summed E-state index contributed by atoms with van der Waals surface area (Å²) in [4.78, 5) is 37.4. The fraction of sp³-hybridized carbons (Fsp3) is 0.281. The molecule has 7 rings (SSSR count). The topological polar surface area (TPSA) is 130 Å². The van der Waals surface area contributed by atoms with Crippen molar-refractivity contribution in [3.63, 3.8) is 0 Å². The first-order chi connectivity index (χ1) is 21.6. The van der Waals surface area contributed by atoms with Gasteiger partial charge in [0, 0.05) is 54.0 Å². The highest BCUT2D eigenvalue weighted by molar-refractivity contribution is 5.88. The number of aromatic nitrogens is 4. The number of carboxylic acid groups (broad SMARTS) is 2. The van der Waals surface area contributed by atoms with E-state index in [1.165, 1.54) is 0 Å². The summed E-state index contributed by atoms with van der Waals surface area (Å²) in [7, 11) is 0. The zero-order valence-electron chi connectivity index (χ0n) is 23.8. The van der Waals surface area contributed by atoms with Crippen LogP contribution in [0.1, 0.15) is 46.4 Å². The first-order valence-corrected chi connectivity index (χ1v) is 14.3. The number of hydrogen-bond donors (Lipinski definition) is 2. The Bertz CT molecular complexity index is 1860. The Morgan fingerprint density at radius 3 is 2.24 bits per heavy atom. The van der Waals surface area contributed by atoms with Gasteiger partial charge in [-0.1, -0.05) is 36.4 Å². The Kier molecular flexibility index (Phi) is 8.11. The molecule has 0 bridgehead atoms. The summed E-state index contributed by atoms with van der Waals surface area (Å²) in [5.41, 5.74) is 6.24. The smallest absolute Gasteiger partial charge is 0.478 e. The Morgan fingerprint density at radius 1 is 0.889 bits per heavy atom. The molecular formula is C32H28F3N5O5. The molecule has 2 fully saturated rings. The maximum absolute atomic E-state index is 11.5. The largest absolute Gasteiger partial charge is 0.490 e. The number of pyridine rings is 1. The van der Waals surface area contributed by atoms with Crippen LogP contribution in [0, 0.1) is 0 Å². The second kappa shape index (κ2) is 12.2. The minimum atomic E-state index is -5.08. The number of nitrogens with zero attached hydrogens (tertiary/aromatic N) is 5. The van der Waals surface area contributed by atoms with Gasteiger partial charge >= 0.3 is 18.1 Å². The third-order valence-electron chi connectivity index (χ3n) is 8.07. The van der Waals surface area contributed by atoms with E-state index in [0.717, 1.165) is 70.9 Å². The van der Waals surface area contributed by atoms with E-state index in [1.807, 2.05) is 36.7 Å². The molecule has 0 amide bonds. The van der Waals surface area contributed by atoms with E-state index >= 15 is 0 Å². The van der Waals surface area contributed by atoms with Gasteiger partial charge in [0.25, 0.3) is 0 Å². The zero-order chi connectivity index (χ0) is 31.7. The highest BCUT2D eigenvalue weighted by Crippen LogP contribution is 2.49. The SMILES string of the molecule is O=C(O)C(F)(F)F.O=C(O)c1ccc(-c2c([C@H]3C[C@H](c4ccc5ccccc5n4)C3)nc3c(N4CCOCC4)nccn23)cc1. The predicted octanol–water partition coefficient (Wildman–Crippen LogP) is 5.77. The Labute approximate surface area is 254 Å². The van der Waals surface area contributed by atoms with E-state index in [4.69, 9.17) is 29.6 Å². The van der Waals surface area contributed by atoms with Crippen LogP contribution in [0.2, 0.25) is 0 Å². The van der Waals surface area contributed by atoms with Crippen molar-refractivity contribution in [2.45, 2.75) is 30.9 Å². The number of benzene rings is 2. The summed E-state index contributed by atoms with van der Waals surface area (Å²) in [6.07, 6.45) is 0.629. The summed E-state index contributed by atoms with van der Waals surface area (Å²) < 4.78 is 39.4. The summed E-state index contributed by atoms with van der Waals surface area (Å²) in [6.45, 7) is 2.89. The van der Waals surface area contributed by atoms with Gasteiger partial charge in [0.15, 0.2) is 11.5 Å². The maximum atomic E-state index is 11.5. The lowest BCUT2D eigenvalue weighted by Crippen LogP contribution is -2.37. The number of anilines is 1.